The van der Waals surface area contributed by atoms with Crippen molar-refractivity contribution in [1.82, 2.24) is 0 Å². The second-order valence-corrected chi connectivity index (χ2v) is 5.90. The molecule has 0 saturated carbocycles. The Labute approximate surface area is 147 Å². The molecule has 1 aliphatic heterocycles. The first kappa shape index (κ1) is 17.9. The lowest BCUT2D eigenvalue weighted by atomic mass is 9.76. The average molecular weight is 364 g/mol. The van der Waals surface area contributed by atoms with E-state index in [1.807, 2.05) is 0 Å². The Bertz CT molecular complexity index is 811. The molecular formula is C18H15F3N2O3. The van der Waals surface area contributed by atoms with E-state index in [1.54, 1.807) is 65.6 Å². The molecule has 0 radical (unpaired) electrons. The number of ether oxygens (including phenoxy) is 1. The van der Waals surface area contributed by atoms with E-state index in [-0.39, 0.29) is 6.54 Å². The number of hydrogen-bond donors (Lipinski definition) is 1. The fourth-order valence-corrected chi connectivity index (χ4v) is 3.01. The highest BCUT2D eigenvalue weighted by Gasteiger charge is 2.58. The summed E-state index contributed by atoms with van der Waals surface area (Å²) in [5.74, 6) is -4.97. The second kappa shape index (κ2) is 6.45. The minimum atomic E-state index is -5.25. The molecule has 0 bridgehead atoms. The summed E-state index contributed by atoms with van der Waals surface area (Å²) in [5.41, 5.74) is 6.26. The second-order valence-electron chi connectivity index (χ2n) is 5.90. The van der Waals surface area contributed by atoms with Crippen LogP contribution in [0.15, 0.2) is 60.7 Å². The topological polar surface area (TPSA) is 72.6 Å². The molecule has 2 unspecified atom stereocenters. The molecule has 8 heteroatoms. The van der Waals surface area contributed by atoms with Crippen LogP contribution in [0.2, 0.25) is 0 Å². The number of benzene rings is 2. The Balaban J connectivity index is 1.92. The fraction of sp³-hybridized carbons (Fsp3) is 0.222. The van der Waals surface area contributed by atoms with E-state index in [9.17, 15) is 22.8 Å². The Morgan fingerprint density at radius 1 is 1.04 bits per heavy atom. The van der Waals surface area contributed by atoms with E-state index in [4.69, 9.17) is 5.73 Å². The van der Waals surface area contributed by atoms with Crippen LogP contribution in [-0.4, -0.2) is 24.7 Å². The average Bonchev–Trinajstić information content (AvgIpc) is 2.61. The minimum Gasteiger partial charge on any atom is -0.386 e. The van der Waals surface area contributed by atoms with Gasteiger partial charge in [0.25, 0.3) is 0 Å². The first-order chi connectivity index (χ1) is 12.2. The minimum absolute atomic E-state index is 0.0272. The zero-order valence-electron chi connectivity index (χ0n) is 13.4. The van der Waals surface area contributed by atoms with Gasteiger partial charge in [0.2, 0.25) is 0 Å². The van der Waals surface area contributed by atoms with E-state index >= 15 is 0 Å². The Kier molecular flexibility index (Phi) is 4.45. The molecule has 5 nitrogen and oxygen atoms in total. The van der Waals surface area contributed by atoms with Crippen molar-refractivity contribution in [2.24, 2.45) is 11.7 Å². The molecule has 0 amide bonds. The third-order valence-electron chi connectivity index (χ3n) is 4.36. The summed E-state index contributed by atoms with van der Waals surface area (Å²) < 4.78 is 41.2. The van der Waals surface area contributed by atoms with E-state index < -0.39 is 29.7 Å². The summed E-state index contributed by atoms with van der Waals surface area (Å²) in [6.07, 6.45) is -5.25. The van der Waals surface area contributed by atoms with Crippen molar-refractivity contribution < 1.29 is 27.5 Å². The summed E-state index contributed by atoms with van der Waals surface area (Å²) in [6.45, 7) is 0.0272. The Hall–Kier alpha value is -2.87. The molecule has 2 N–H and O–H groups in total. The van der Waals surface area contributed by atoms with E-state index in [0.29, 0.717) is 11.3 Å². The smallest absolute Gasteiger partial charge is 0.386 e. The highest BCUT2D eigenvalue weighted by Crippen LogP contribution is 2.44. The number of hydrogen-bond acceptors (Lipinski definition) is 5. The van der Waals surface area contributed by atoms with E-state index in [0.717, 1.165) is 0 Å². The number of nitrogens with zero attached hydrogens (tertiary/aromatic N) is 1. The molecule has 136 valence electrons. The fourth-order valence-electron chi connectivity index (χ4n) is 3.01. The summed E-state index contributed by atoms with van der Waals surface area (Å²) >= 11 is 0. The molecule has 0 aliphatic carbocycles. The van der Waals surface area contributed by atoms with Crippen molar-refractivity contribution in [3.8, 4) is 0 Å². The van der Waals surface area contributed by atoms with E-state index in [2.05, 4.69) is 4.74 Å². The summed E-state index contributed by atoms with van der Waals surface area (Å²) in [7, 11) is 0. The lowest BCUT2D eigenvalue weighted by Gasteiger charge is -2.56. The van der Waals surface area contributed by atoms with Crippen LogP contribution in [-0.2, 0) is 20.0 Å². The van der Waals surface area contributed by atoms with Gasteiger partial charge in [0.1, 0.15) is 11.6 Å². The van der Waals surface area contributed by atoms with Crippen LogP contribution in [0.25, 0.3) is 0 Å². The molecule has 1 heterocycles. The molecule has 1 fully saturated rings. The van der Waals surface area contributed by atoms with Gasteiger partial charge in [-0.25, -0.2) is 4.79 Å². The number of esters is 2. The van der Waals surface area contributed by atoms with Crippen LogP contribution in [0.5, 0.6) is 0 Å². The number of para-hydroxylation sites is 1. The lowest BCUT2D eigenvalue weighted by Crippen LogP contribution is -2.73. The molecule has 0 spiro atoms. The molecule has 2 aromatic rings. The molecule has 2 atom stereocenters. The van der Waals surface area contributed by atoms with Gasteiger partial charge in [-0.2, -0.15) is 13.2 Å². The monoisotopic (exact) mass is 364 g/mol. The van der Waals surface area contributed by atoms with Gasteiger partial charge in [-0.1, -0.05) is 48.5 Å². The van der Waals surface area contributed by atoms with Crippen molar-refractivity contribution in [1.29, 1.82) is 0 Å². The Morgan fingerprint density at radius 3 is 2.12 bits per heavy atom. The molecule has 0 aromatic heterocycles. The normalized spacial score (nSPS) is 22.5. The van der Waals surface area contributed by atoms with Gasteiger partial charge in [0, 0.05) is 12.2 Å². The quantitative estimate of drug-likeness (QED) is 0.669. The SMILES string of the molecule is NC1(c2ccccc2)C(C(=O)OC(=O)C(F)(F)F)CN1c1ccccc1. The van der Waals surface area contributed by atoms with Crippen LogP contribution in [0, 0.1) is 5.92 Å². The van der Waals surface area contributed by atoms with Gasteiger partial charge >= 0.3 is 18.1 Å². The third kappa shape index (κ3) is 3.03. The van der Waals surface area contributed by atoms with Crippen LogP contribution in [0.1, 0.15) is 5.56 Å². The number of halogens is 3. The van der Waals surface area contributed by atoms with Crippen molar-refractivity contribution >= 4 is 17.6 Å². The highest BCUT2D eigenvalue weighted by molar-refractivity contribution is 5.91. The molecule has 3 rings (SSSR count). The van der Waals surface area contributed by atoms with Crippen LogP contribution in [0.3, 0.4) is 0 Å². The number of nitrogens with two attached hydrogens (primary N) is 1. The molecule has 26 heavy (non-hydrogen) atoms. The van der Waals surface area contributed by atoms with E-state index in [1.165, 1.54) is 0 Å². The predicted molar refractivity (Wildman–Crippen MR) is 86.7 cm³/mol. The van der Waals surface area contributed by atoms with Gasteiger partial charge in [0.15, 0.2) is 0 Å². The maximum Gasteiger partial charge on any atom is 0.491 e. The van der Waals surface area contributed by atoms with Crippen LogP contribution in [0.4, 0.5) is 18.9 Å². The van der Waals surface area contributed by atoms with Gasteiger partial charge in [0.05, 0.1) is 0 Å². The number of anilines is 1. The summed E-state index contributed by atoms with van der Waals surface area (Å²) in [5, 5.41) is 0. The van der Waals surface area contributed by atoms with Crippen LogP contribution < -0.4 is 10.6 Å². The van der Waals surface area contributed by atoms with Crippen molar-refractivity contribution in [3.63, 3.8) is 0 Å². The zero-order chi connectivity index (χ0) is 18.9. The first-order valence-corrected chi connectivity index (χ1v) is 7.74. The molecule has 1 aliphatic rings. The van der Waals surface area contributed by atoms with Gasteiger partial charge < -0.3 is 15.4 Å². The largest absolute Gasteiger partial charge is 0.491 e. The number of alkyl halides is 3. The third-order valence-corrected chi connectivity index (χ3v) is 4.36. The van der Waals surface area contributed by atoms with Gasteiger partial charge in [-0.3, -0.25) is 4.79 Å². The predicted octanol–water partition coefficient (Wildman–Crippen LogP) is 2.57. The highest BCUT2D eigenvalue weighted by atomic mass is 19.4. The molecule has 1 saturated heterocycles. The zero-order valence-corrected chi connectivity index (χ0v) is 13.4. The Morgan fingerprint density at radius 2 is 1.58 bits per heavy atom. The maximum absolute atomic E-state index is 12.4. The maximum atomic E-state index is 12.4. The van der Waals surface area contributed by atoms with Gasteiger partial charge in [-0.15, -0.1) is 0 Å². The molecular weight excluding hydrogens is 349 g/mol. The van der Waals surface area contributed by atoms with Crippen molar-refractivity contribution in [2.75, 3.05) is 11.4 Å². The summed E-state index contributed by atoms with van der Waals surface area (Å²) in [6, 6.07) is 17.4. The summed E-state index contributed by atoms with van der Waals surface area (Å²) in [4.78, 5) is 24.9. The standard InChI is InChI=1S/C18H15F3N2O3/c19-18(20,21)16(25)26-15(24)14-11-23(13-9-5-2-6-10-13)17(14,22)12-7-3-1-4-8-12/h1-10,14H,11,22H2. The number of rotatable bonds is 3. The van der Waals surface area contributed by atoms with Crippen molar-refractivity contribution in [2.45, 2.75) is 11.8 Å². The number of carbonyl (C=O) groups is 2. The lowest BCUT2D eigenvalue weighted by molar-refractivity contribution is -0.204. The molecule has 2 aromatic carbocycles. The first-order valence-electron chi connectivity index (χ1n) is 7.74. The van der Waals surface area contributed by atoms with Gasteiger partial charge in [-0.05, 0) is 17.7 Å². The van der Waals surface area contributed by atoms with Crippen LogP contribution >= 0.6 is 0 Å². The van der Waals surface area contributed by atoms with Crippen molar-refractivity contribution in [3.05, 3.63) is 66.2 Å². The number of carbonyl (C=O) groups excluding carboxylic acids is 2.